The van der Waals surface area contributed by atoms with E-state index in [9.17, 15) is 9.59 Å². The first-order valence-electron chi connectivity index (χ1n) is 11.4. The summed E-state index contributed by atoms with van der Waals surface area (Å²) in [6, 6.07) is 7.57. The van der Waals surface area contributed by atoms with E-state index in [0.717, 1.165) is 24.8 Å². The van der Waals surface area contributed by atoms with Gasteiger partial charge in [0.2, 0.25) is 0 Å². The topological polar surface area (TPSA) is 55.8 Å². The Hall–Kier alpha value is -1.66. The zero-order chi connectivity index (χ0) is 21.9. The van der Waals surface area contributed by atoms with Gasteiger partial charge in [0.1, 0.15) is 11.5 Å². The quantitative estimate of drug-likeness (QED) is 0.345. The lowest BCUT2D eigenvalue weighted by Crippen LogP contribution is -2.69. The minimum atomic E-state index is -2.17. The molecule has 3 aliphatic heterocycles. The van der Waals surface area contributed by atoms with Crippen molar-refractivity contribution in [3.8, 4) is 0 Å². The van der Waals surface area contributed by atoms with Crippen LogP contribution >= 0.6 is 0 Å². The molecule has 1 aromatic carbocycles. The lowest BCUT2D eigenvalue weighted by Gasteiger charge is -2.57. The number of carbonyl (C=O) groups excluding carboxylic acids is 2. The van der Waals surface area contributed by atoms with E-state index in [-0.39, 0.29) is 29.9 Å². The summed E-state index contributed by atoms with van der Waals surface area (Å²) in [5, 5.41) is 0. The predicted octanol–water partition coefficient (Wildman–Crippen LogP) is 5.07. The number of nitrogens with zero attached hydrogens (tertiary/aromatic N) is 1. The van der Waals surface area contributed by atoms with Crippen LogP contribution in [-0.2, 0) is 19.7 Å². The predicted molar refractivity (Wildman–Crippen MR) is 118 cm³/mol. The van der Waals surface area contributed by atoms with Crippen molar-refractivity contribution in [1.82, 2.24) is 4.90 Å². The maximum absolute atomic E-state index is 13.8. The lowest BCUT2D eigenvalue weighted by molar-refractivity contribution is -0.201. The molecular weight excluding hydrogens is 394 g/mol. The smallest absolute Gasteiger partial charge is 0.317 e. The summed E-state index contributed by atoms with van der Waals surface area (Å²) >= 11 is 0. The number of hydrogen-bond donors (Lipinski definition) is 0. The Morgan fingerprint density at radius 3 is 2.53 bits per heavy atom. The number of piperidine rings is 1. The van der Waals surface area contributed by atoms with Crippen molar-refractivity contribution in [2.24, 2.45) is 11.3 Å². The van der Waals surface area contributed by atoms with E-state index >= 15 is 0 Å². The van der Waals surface area contributed by atoms with Crippen LogP contribution in [0, 0.1) is 11.3 Å². The number of unbranched alkanes of at least 4 members (excludes halogenated alkanes) is 2. The first-order chi connectivity index (χ1) is 14.1. The summed E-state index contributed by atoms with van der Waals surface area (Å²) in [6.45, 7) is 12.8. The molecule has 2 bridgehead atoms. The van der Waals surface area contributed by atoms with Crippen molar-refractivity contribution in [3.05, 3.63) is 35.4 Å². The molecule has 2 saturated heterocycles. The minimum Gasteiger partial charge on any atom is -0.460 e. The number of fused-ring (bicyclic) bond motifs is 6. The van der Waals surface area contributed by atoms with Gasteiger partial charge in [0.15, 0.2) is 14.0 Å². The fourth-order valence-electron chi connectivity index (χ4n) is 5.98. The van der Waals surface area contributed by atoms with Gasteiger partial charge in [0.25, 0.3) is 5.91 Å². The van der Waals surface area contributed by atoms with Gasteiger partial charge < -0.3 is 9.16 Å². The van der Waals surface area contributed by atoms with Crippen LogP contribution in [0.4, 0.5) is 0 Å². The van der Waals surface area contributed by atoms with Crippen LogP contribution in [-0.4, -0.2) is 37.2 Å². The molecule has 1 amide bonds. The van der Waals surface area contributed by atoms with E-state index in [1.165, 1.54) is 0 Å². The number of hydrogen-bond acceptors (Lipinski definition) is 4. The summed E-state index contributed by atoms with van der Waals surface area (Å²) in [5.74, 6) is -0.0534. The Morgan fingerprint density at radius 2 is 1.90 bits per heavy atom. The average Bonchev–Trinajstić information content (AvgIpc) is 3.08. The standard InChI is InChI=1S/C24H35NO4Si/c1-7-8-11-14-23-15-19(28-22(23)27)20(16(2)3)25-21(26)17-12-9-10-13-18(17)24(23,25)29-30(4,5)6/h9-10,12-13,16,19-20H,7-8,11,14-15H2,1-6H3/t19-,20-,23-,24+/m0/s1. The Kier molecular flexibility index (Phi) is 5.17. The number of amides is 1. The molecule has 3 aliphatic rings. The zero-order valence-corrected chi connectivity index (χ0v) is 20.2. The summed E-state index contributed by atoms with van der Waals surface area (Å²) in [4.78, 5) is 29.4. The normalized spacial score (nSPS) is 32.4. The SMILES string of the molecule is CCCCC[C@]12C[C@H](OC1=O)[C@H](C(C)C)N1C(=O)c3ccccc3[C@]12O[Si](C)(C)C. The number of rotatable bonds is 7. The third kappa shape index (κ3) is 2.83. The second kappa shape index (κ2) is 7.19. The van der Waals surface area contributed by atoms with Crippen LogP contribution in [0.1, 0.15) is 68.8 Å². The van der Waals surface area contributed by atoms with Gasteiger partial charge in [-0.05, 0) is 38.0 Å². The van der Waals surface area contributed by atoms with E-state index in [1.807, 2.05) is 29.2 Å². The fourth-order valence-corrected chi connectivity index (χ4v) is 7.27. The van der Waals surface area contributed by atoms with Gasteiger partial charge in [-0.15, -0.1) is 0 Å². The fraction of sp³-hybridized carbons (Fsp3) is 0.667. The van der Waals surface area contributed by atoms with Crippen molar-refractivity contribution in [3.63, 3.8) is 0 Å². The second-order valence-electron chi connectivity index (χ2n) is 10.5. The number of benzene rings is 1. The minimum absolute atomic E-state index is 0.0228. The van der Waals surface area contributed by atoms with Crippen LogP contribution in [0.15, 0.2) is 24.3 Å². The average molecular weight is 430 g/mol. The molecule has 0 aliphatic carbocycles. The van der Waals surface area contributed by atoms with Crippen molar-refractivity contribution >= 4 is 20.2 Å². The summed E-state index contributed by atoms with van der Waals surface area (Å²) < 4.78 is 13.1. The third-order valence-corrected chi connectivity index (χ3v) is 7.86. The molecule has 0 spiro atoms. The third-order valence-electron chi connectivity index (χ3n) is 6.95. The number of esters is 1. The van der Waals surface area contributed by atoms with Gasteiger partial charge in [-0.3, -0.25) is 14.5 Å². The first kappa shape index (κ1) is 21.6. The maximum Gasteiger partial charge on any atom is 0.317 e. The van der Waals surface area contributed by atoms with Crippen molar-refractivity contribution < 1.29 is 18.8 Å². The molecular formula is C24H35NO4Si. The molecule has 4 atom stereocenters. The van der Waals surface area contributed by atoms with Crippen LogP contribution in [0.5, 0.6) is 0 Å². The van der Waals surface area contributed by atoms with E-state index < -0.39 is 19.5 Å². The Labute approximate surface area is 181 Å². The Morgan fingerprint density at radius 1 is 1.20 bits per heavy atom. The van der Waals surface area contributed by atoms with Gasteiger partial charge >= 0.3 is 5.97 Å². The van der Waals surface area contributed by atoms with Crippen LogP contribution in [0.25, 0.3) is 0 Å². The van der Waals surface area contributed by atoms with E-state index in [1.54, 1.807) is 0 Å². The maximum atomic E-state index is 13.8. The molecule has 0 N–H and O–H groups in total. The molecule has 164 valence electrons. The summed E-state index contributed by atoms with van der Waals surface area (Å²) in [5.41, 5.74) is -0.382. The molecule has 6 heteroatoms. The van der Waals surface area contributed by atoms with Crippen molar-refractivity contribution in [2.75, 3.05) is 0 Å². The van der Waals surface area contributed by atoms with Crippen molar-refractivity contribution in [1.29, 1.82) is 0 Å². The second-order valence-corrected chi connectivity index (χ2v) is 14.9. The van der Waals surface area contributed by atoms with E-state index in [0.29, 0.717) is 18.4 Å². The molecule has 5 nitrogen and oxygen atoms in total. The lowest BCUT2D eigenvalue weighted by atomic mass is 9.64. The highest BCUT2D eigenvalue weighted by atomic mass is 28.4. The molecule has 0 radical (unpaired) electrons. The van der Waals surface area contributed by atoms with Gasteiger partial charge in [-0.1, -0.05) is 58.2 Å². The van der Waals surface area contributed by atoms with Gasteiger partial charge in [0.05, 0.1) is 6.04 Å². The van der Waals surface area contributed by atoms with E-state index in [4.69, 9.17) is 9.16 Å². The van der Waals surface area contributed by atoms with Gasteiger partial charge in [0, 0.05) is 17.5 Å². The van der Waals surface area contributed by atoms with Crippen LogP contribution in [0.3, 0.4) is 0 Å². The number of ether oxygens (including phenoxy) is 1. The first-order valence-corrected chi connectivity index (χ1v) is 14.8. The summed E-state index contributed by atoms with van der Waals surface area (Å²) in [6.07, 6.45) is 4.09. The Balaban J connectivity index is 2.01. The zero-order valence-electron chi connectivity index (χ0n) is 19.2. The highest BCUT2D eigenvalue weighted by Crippen LogP contribution is 2.65. The monoisotopic (exact) mass is 429 g/mol. The molecule has 4 rings (SSSR count). The van der Waals surface area contributed by atoms with Crippen molar-refractivity contribution in [2.45, 2.75) is 90.4 Å². The molecule has 0 saturated carbocycles. The molecule has 30 heavy (non-hydrogen) atoms. The van der Waals surface area contributed by atoms with E-state index in [2.05, 4.69) is 40.4 Å². The summed E-state index contributed by atoms with van der Waals surface area (Å²) in [7, 11) is -2.17. The Bertz CT molecular complexity index is 863. The highest BCUT2D eigenvalue weighted by Gasteiger charge is 2.76. The molecule has 2 fully saturated rings. The van der Waals surface area contributed by atoms with Crippen LogP contribution in [0.2, 0.25) is 19.6 Å². The van der Waals surface area contributed by atoms with Crippen LogP contribution < -0.4 is 0 Å². The van der Waals surface area contributed by atoms with Gasteiger partial charge in [-0.2, -0.15) is 0 Å². The van der Waals surface area contributed by atoms with Gasteiger partial charge in [-0.25, -0.2) is 0 Å². The molecule has 1 aromatic rings. The highest BCUT2D eigenvalue weighted by molar-refractivity contribution is 6.69. The molecule has 0 aromatic heterocycles. The number of carbonyl (C=O) groups is 2. The largest absolute Gasteiger partial charge is 0.460 e. The molecule has 0 unspecified atom stereocenters. The molecule has 3 heterocycles.